The lowest BCUT2D eigenvalue weighted by Crippen LogP contribution is -2.48. The van der Waals surface area contributed by atoms with Crippen LogP contribution in [0.15, 0.2) is 47.4 Å². The molecule has 0 radical (unpaired) electrons. The first kappa shape index (κ1) is 23.0. The maximum absolute atomic E-state index is 15.2. The van der Waals surface area contributed by atoms with E-state index in [2.05, 4.69) is 20.6 Å². The number of amides is 2. The molecule has 180 valence electrons. The second kappa shape index (κ2) is 8.81. The second-order valence-corrected chi connectivity index (χ2v) is 9.22. The number of nitrogens with zero attached hydrogens (tertiary/aromatic N) is 4. The van der Waals surface area contributed by atoms with Crippen LogP contribution in [0.2, 0.25) is 5.02 Å². The topological polar surface area (TPSA) is 95.9 Å². The molecule has 5 rings (SSSR count). The van der Waals surface area contributed by atoms with Gasteiger partial charge in [-0.3, -0.25) is 9.48 Å². The van der Waals surface area contributed by atoms with Crippen LogP contribution in [0.4, 0.5) is 14.9 Å². The van der Waals surface area contributed by atoms with Crippen molar-refractivity contribution in [1.82, 2.24) is 24.9 Å². The number of aryl methyl sites for hydroxylation is 1. The molecule has 10 heteroatoms. The van der Waals surface area contributed by atoms with Gasteiger partial charge in [-0.25, -0.2) is 14.3 Å². The number of carbonyl (C=O) groups excluding carboxylic acids is 1. The molecule has 0 saturated carbocycles. The van der Waals surface area contributed by atoms with Crippen molar-refractivity contribution in [2.24, 2.45) is 7.05 Å². The Bertz CT molecular complexity index is 1510. The molecular formula is C25H24ClFN6O2. The molecule has 35 heavy (non-hydrogen) atoms. The monoisotopic (exact) mass is 494 g/mol. The Hall–Kier alpha value is -3.72. The fourth-order valence-electron chi connectivity index (χ4n) is 4.87. The Morgan fingerprint density at radius 3 is 2.86 bits per heavy atom. The number of carbonyl (C=O) groups is 1. The first-order valence-electron chi connectivity index (χ1n) is 11.4. The summed E-state index contributed by atoms with van der Waals surface area (Å²) in [5.74, 6) is -0.593. The molecule has 2 aromatic carbocycles. The van der Waals surface area contributed by atoms with Crippen LogP contribution in [-0.2, 0) is 13.5 Å². The van der Waals surface area contributed by atoms with Crippen molar-refractivity contribution in [2.75, 3.05) is 5.32 Å². The minimum Gasteiger partial charge on any atom is -0.313 e. The number of anilines is 1. The van der Waals surface area contributed by atoms with E-state index in [4.69, 9.17) is 11.6 Å². The van der Waals surface area contributed by atoms with E-state index in [9.17, 15) is 9.59 Å². The Morgan fingerprint density at radius 1 is 1.29 bits per heavy atom. The normalized spacial score (nSPS) is 17.5. The number of hydrogen-bond acceptors (Lipinski definition) is 4. The highest BCUT2D eigenvalue weighted by Gasteiger charge is 2.36. The molecular weight excluding hydrogens is 471 g/mol. The maximum atomic E-state index is 15.2. The summed E-state index contributed by atoms with van der Waals surface area (Å²) in [6.07, 6.45) is 2.81. The molecule has 8 nitrogen and oxygen atoms in total. The molecule has 0 saturated heterocycles. The number of H-pyrrole nitrogens is 1. The van der Waals surface area contributed by atoms with Gasteiger partial charge in [0.2, 0.25) is 0 Å². The van der Waals surface area contributed by atoms with E-state index in [1.54, 1.807) is 15.8 Å². The lowest BCUT2D eigenvalue weighted by atomic mass is 9.92. The molecule has 2 N–H and O–H groups in total. The number of urea groups is 1. The smallest absolute Gasteiger partial charge is 0.313 e. The summed E-state index contributed by atoms with van der Waals surface area (Å²) < 4.78 is 16.9. The van der Waals surface area contributed by atoms with Crippen LogP contribution in [-0.4, -0.2) is 37.0 Å². The van der Waals surface area contributed by atoms with Crippen LogP contribution in [0.1, 0.15) is 37.6 Å². The third kappa shape index (κ3) is 4.05. The summed E-state index contributed by atoms with van der Waals surface area (Å²) in [7, 11) is 1.85. The van der Waals surface area contributed by atoms with E-state index in [-0.39, 0.29) is 23.3 Å². The second-order valence-electron chi connectivity index (χ2n) is 8.81. The van der Waals surface area contributed by atoms with Crippen molar-refractivity contribution in [3.05, 3.63) is 75.0 Å². The molecule has 3 heterocycles. The van der Waals surface area contributed by atoms with Crippen LogP contribution in [0.25, 0.3) is 22.0 Å². The largest absolute Gasteiger partial charge is 0.322 e. The molecule has 0 bridgehead atoms. The van der Waals surface area contributed by atoms with Crippen molar-refractivity contribution in [3.8, 4) is 11.1 Å². The molecule has 0 aliphatic carbocycles. The minimum absolute atomic E-state index is 0.00603. The molecule has 0 fully saturated rings. The maximum Gasteiger partial charge on any atom is 0.322 e. The molecule has 1 aliphatic heterocycles. The minimum atomic E-state index is -0.593. The summed E-state index contributed by atoms with van der Waals surface area (Å²) >= 11 is 6.53. The zero-order valence-corrected chi connectivity index (χ0v) is 20.2. The third-order valence-corrected chi connectivity index (χ3v) is 6.85. The van der Waals surface area contributed by atoms with Gasteiger partial charge in [0.15, 0.2) is 0 Å². The van der Waals surface area contributed by atoms with E-state index in [0.29, 0.717) is 29.1 Å². The van der Waals surface area contributed by atoms with Gasteiger partial charge in [-0.1, -0.05) is 24.6 Å². The van der Waals surface area contributed by atoms with Crippen molar-refractivity contribution >= 4 is 34.2 Å². The fourth-order valence-corrected chi connectivity index (χ4v) is 5.14. The molecule has 2 aromatic heterocycles. The van der Waals surface area contributed by atoms with E-state index in [1.807, 2.05) is 39.1 Å². The van der Waals surface area contributed by atoms with E-state index in [0.717, 1.165) is 22.0 Å². The van der Waals surface area contributed by atoms with Crippen LogP contribution >= 0.6 is 11.6 Å². The molecule has 2 unspecified atom stereocenters. The highest BCUT2D eigenvalue weighted by molar-refractivity contribution is 6.33. The van der Waals surface area contributed by atoms with Crippen LogP contribution in [0.3, 0.4) is 0 Å². The number of aromatic amines is 1. The predicted molar refractivity (Wildman–Crippen MR) is 133 cm³/mol. The standard InChI is InChI=1S/C25H24ClFN6O2/c1-4-21-24-15(9-23(34)30-31-24)7-13(2)33(21)25(35)29-20-11-18(26)17(10-19(20)27)14-5-6-22-16(8-14)12-28-32(22)3/h5-6,8-13,21H,4,7H2,1-3H3,(H,29,35)(H,30,34). The zero-order chi connectivity index (χ0) is 24.9. The summed E-state index contributed by atoms with van der Waals surface area (Å²) in [6, 6.07) is 8.93. The first-order valence-corrected chi connectivity index (χ1v) is 11.7. The first-order chi connectivity index (χ1) is 16.8. The molecule has 2 atom stereocenters. The van der Waals surface area contributed by atoms with Gasteiger partial charge in [-0.05, 0) is 55.2 Å². The van der Waals surface area contributed by atoms with Gasteiger partial charge in [0.1, 0.15) is 5.82 Å². The Balaban J connectivity index is 1.43. The van der Waals surface area contributed by atoms with E-state index >= 15 is 4.39 Å². The van der Waals surface area contributed by atoms with Crippen molar-refractivity contribution in [3.63, 3.8) is 0 Å². The average molecular weight is 495 g/mol. The van der Waals surface area contributed by atoms with Crippen molar-refractivity contribution in [2.45, 2.75) is 38.8 Å². The fraction of sp³-hybridized carbons (Fsp3) is 0.280. The van der Waals surface area contributed by atoms with Gasteiger partial charge in [0, 0.05) is 30.1 Å². The highest BCUT2D eigenvalue weighted by atomic mass is 35.5. The van der Waals surface area contributed by atoms with Crippen LogP contribution < -0.4 is 10.9 Å². The van der Waals surface area contributed by atoms with E-state index < -0.39 is 11.8 Å². The Morgan fingerprint density at radius 2 is 2.09 bits per heavy atom. The molecule has 4 aromatic rings. The molecule has 1 aliphatic rings. The summed E-state index contributed by atoms with van der Waals surface area (Å²) in [5, 5.41) is 14.8. The van der Waals surface area contributed by atoms with Crippen molar-refractivity contribution in [1.29, 1.82) is 0 Å². The van der Waals surface area contributed by atoms with E-state index in [1.165, 1.54) is 18.2 Å². The average Bonchev–Trinajstić information content (AvgIpc) is 3.19. The lowest BCUT2D eigenvalue weighted by Gasteiger charge is -2.40. The zero-order valence-electron chi connectivity index (χ0n) is 19.5. The Labute approximate surface area is 205 Å². The van der Waals surface area contributed by atoms with Gasteiger partial charge in [0.25, 0.3) is 5.56 Å². The third-order valence-electron chi connectivity index (χ3n) is 6.54. The van der Waals surface area contributed by atoms with Gasteiger partial charge < -0.3 is 10.2 Å². The lowest BCUT2D eigenvalue weighted by molar-refractivity contribution is 0.145. The summed E-state index contributed by atoms with van der Waals surface area (Å²) in [4.78, 5) is 26.6. The van der Waals surface area contributed by atoms with Gasteiger partial charge >= 0.3 is 6.03 Å². The van der Waals surface area contributed by atoms with Crippen LogP contribution in [0, 0.1) is 5.82 Å². The van der Waals surface area contributed by atoms with Crippen LogP contribution in [0.5, 0.6) is 0 Å². The number of rotatable bonds is 3. The quantitative estimate of drug-likeness (QED) is 0.416. The number of benzene rings is 2. The molecule has 0 spiro atoms. The number of aromatic nitrogens is 4. The number of nitrogens with one attached hydrogen (secondary N) is 2. The van der Waals surface area contributed by atoms with Gasteiger partial charge in [0.05, 0.1) is 34.2 Å². The van der Waals surface area contributed by atoms with Crippen molar-refractivity contribution < 1.29 is 9.18 Å². The predicted octanol–water partition coefficient (Wildman–Crippen LogP) is 5.05. The molecule has 2 amide bonds. The number of hydrogen-bond donors (Lipinski definition) is 2. The van der Waals surface area contributed by atoms with Gasteiger partial charge in [-0.15, -0.1) is 0 Å². The number of fused-ring (bicyclic) bond motifs is 2. The summed E-state index contributed by atoms with van der Waals surface area (Å²) in [6.45, 7) is 3.83. The summed E-state index contributed by atoms with van der Waals surface area (Å²) in [5.41, 5.74) is 3.42. The highest BCUT2D eigenvalue weighted by Crippen LogP contribution is 2.36. The van der Waals surface area contributed by atoms with Gasteiger partial charge in [-0.2, -0.15) is 10.2 Å². The Kier molecular flexibility index (Phi) is 5.80. The number of halogens is 2. The SMILES string of the molecule is CCC1c2n[nH]c(=O)cc2CC(C)N1C(=O)Nc1cc(Cl)c(-c2ccc3c(cnn3C)c2)cc1F.